The molecule has 3 rings (SSSR count). The predicted octanol–water partition coefficient (Wildman–Crippen LogP) is 5.57. The minimum Gasteiger partial charge on any atom is -0.297 e. The smallest absolute Gasteiger partial charge is 0.119 e. The van der Waals surface area contributed by atoms with E-state index in [1.807, 2.05) is 0 Å². The van der Waals surface area contributed by atoms with Crippen molar-refractivity contribution >= 4 is 18.4 Å². The van der Waals surface area contributed by atoms with E-state index in [4.69, 9.17) is 0 Å². The highest BCUT2D eigenvalue weighted by Crippen LogP contribution is 2.21. The molecular formula is C27H35NSi. The third kappa shape index (κ3) is 5.46. The summed E-state index contributed by atoms with van der Waals surface area (Å²) in [5.74, 6) is 0. The van der Waals surface area contributed by atoms with Gasteiger partial charge in [-0.15, -0.1) is 0 Å². The second kappa shape index (κ2) is 10.6. The lowest BCUT2D eigenvalue weighted by Crippen LogP contribution is -2.59. The molecular weight excluding hydrogens is 366 g/mol. The Bertz CT molecular complexity index is 791. The van der Waals surface area contributed by atoms with Crippen LogP contribution in [-0.4, -0.2) is 25.6 Å². The molecule has 0 amide bonds. The molecule has 29 heavy (non-hydrogen) atoms. The Morgan fingerprint density at radius 3 is 1.62 bits per heavy atom. The van der Waals surface area contributed by atoms with Gasteiger partial charge >= 0.3 is 0 Å². The van der Waals surface area contributed by atoms with Crippen molar-refractivity contribution in [1.82, 2.24) is 4.90 Å². The molecule has 0 saturated heterocycles. The van der Waals surface area contributed by atoms with E-state index < -0.39 is 8.07 Å². The largest absolute Gasteiger partial charge is 0.297 e. The van der Waals surface area contributed by atoms with E-state index >= 15 is 0 Å². The zero-order valence-electron chi connectivity index (χ0n) is 18.2. The van der Waals surface area contributed by atoms with Crippen LogP contribution in [0.2, 0.25) is 12.1 Å². The van der Waals surface area contributed by atoms with E-state index in [1.165, 1.54) is 24.1 Å². The highest BCUT2D eigenvalue weighted by Gasteiger charge is 2.36. The van der Waals surface area contributed by atoms with Gasteiger partial charge in [0, 0.05) is 12.6 Å². The van der Waals surface area contributed by atoms with E-state index in [-0.39, 0.29) is 0 Å². The van der Waals surface area contributed by atoms with Crippen molar-refractivity contribution in [3.63, 3.8) is 0 Å². The quantitative estimate of drug-likeness (QED) is 0.401. The summed E-state index contributed by atoms with van der Waals surface area (Å²) in [7, 11) is -1.82. The molecule has 0 saturated carbocycles. The maximum absolute atomic E-state index is 2.65. The molecule has 0 N–H and O–H groups in total. The molecule has 0 aromatic heterocycles. The summed E-state index contributed by atoms with van der Waals surface area (Å²) < 4.78 is 0. The number of nitrogens with zero attached hydrogens (tertiary/aromatic N) is 1. The third-order valence-corrected chi connectivity index (χ3v) is 11.4. The van der Waals surface area contributed by atoms with Crippen molar-refractivity contribution in [2.75, 3.05) is 6.54 Å². The van der Waals surface area contributed by atoms with Crippen molar-refractivity contribution < 1.29 is 0 Å². The Morgan fingerprint density at radius 1 is 0.690 bits per heavy atom. The van der Waals surface area contributed by atoms with Crippen molar-refractivity contribution in [2.45, 2.75) is 51.9 Å². The molecule has 0 spiro atoms. The zero-order valence-corrected chi connectivity index (χ0v) is 19.2. The van der Waals surface area contributed by atoms with Crippen molar-refractivity contribution in [2.24, 2.45) is 0 Å². The van der Waals surface area contributed by atoms with E-state index in [1.54, 1.807) is 10.4 Å². The lowest BCUT2D eigenvalue weighted by atomic mass is 10.2. The standard InChI is InChI=1S/C27H35NSi/c1-4-21-29(26-16-10-6-11-17-26,27-18-12-7-13-19-27)22-20-28(24(2)3)23-25-14-8-5-9-15-25/h5-19,24H,4,20-23H2,1-3H3. The highest BCUT2D eigenvalue weighted by molar-refractivity contribution is 7.02. The van der Waals surface area contributed by atoms with E-state index in [0.29, 0.717) is 6.04 Å². The third-order valence-electron chi connectivity index (χ3n) is 6.11. The van der Waals surface area contributed by atoms with Crippen LogP contribution in [0, 0.1) is 0 Å². The molecule has 0 bridgehead atoms. The molecule has 3 aromatic rings. The molecule has 0 aliphatic rings. The summed E-state index contributed by atoms with van der Waals surface area (Å²) in [5.41, 5.74) is 1.41. The number of hydrogen-bond donors (Lipinski definition) is 0. The maximum Gasteiger partial charge on any atom is 0.119 e. The Morgan fingerprint density at radius 2 is 1.17 bits per heavy atom. The van der Waals surface area contributed by atoms with Gasteiger partial charge in [0.1, 0.15) is 8.07 Å². The molecule has 2 heteroatoms. The van der Waals surface area contributed by atoms with Gasteiger partial charge in [0.15, 0.2) is 0 Å². The first-order chi connectivity index (χ1) is 14.2. The van der Waals surface area contributed by atoms with Gasteiger partial charge in [-0.1, -0.05) is 115 Å². The van der Waals surface area contributed by atoms with Crippen LogP contribution in [0.25, 0.3) is 0 Å². The summed E-state index contributed by atoms with van der Waals surface area (Å²) in [6, 6.07) is 36.7. The second-order valence-electron chi connectivity index (χ2n) is 8.36. The van der Waals surface area contributed by atoms with Crippen LogP contribution in [0.1, 0.15) is 32.8 Å². The molecule has 0 aliphatic heterocycles. The lowest BCUT2D eigenvalue weighted by Gasteiger charge is -2.36. The van der Waals surface area contributed by atoms with Gasteiger partial charge in [0.25, 0.3) is 0 Å². The Balaban J connectivity index is 1.91. The molecule has 0 radical (unpaired) electrons. The zero-order chi connectivity index (χ0) is 20.5. The van der Waals surface area contributed by atoms with Crippen LogP contribution in [0.3, 0.4) is 0 Å². The molecule has 0 fully saturated rings. The average Bonchev–Trinajstić information content (AvgIpc) is 2.77. The summed E-state index contributed by atoms with van der Waals surface area (Å²) in [5, 5.41) is 3.16. The van der Waals surface area contributed by atoms with E-state index in [0.717, 1.165) is 13.1 Å². The fourth-order valence-electron chi connectivity index (χ4n) is 4.48. The van der Waals surface area contributed by atoms with E-state index in [9.17, 15) is 0 Å². The fraction of sp³-hybridized carbons (Fsp3) is 0.333. The van der Waals surface area contributed by atoms with Crippen LogP contribution < -0.4 is 10.4 Å². The Hall–Kier alpha value is -2.16. The lowest BCUT2D eigenvalue weighted by molar-refractivity contribution is 0.224. The molecule has 3 aromatic carbocycles. The number of rotatable bonds is 10. The Kier molecular flexibility index (Phi) is 7.85. The topological polar surface area (TPSA) is 3.24 Å². The molecule has 0 unspecified atom stereocenters. The van der Waals surface area contributed by atoms with Crippen LogP contribution in [0.15, 0.2) is 91.0 Å². The summed E-state index contributed by atoms with van der Waals surface area (Å²) in [6.45, 7) is 9.17. The molecule has 0 atom stereocenters. The van der Waals surface area contributed by atoms with E-state index in [2.05, 4.69) is 117 Å². The van der Waals surface area contributed by atoms with Crippen LogP contribution in [-0.2, 0) is 6.54 Å². The molecule has 152 valence electrons. The normalized spacial score (nSPS) is 11.9. The maximum atomic E-state index is 2.65. The van der Waals surface area contributed by atoms with Gasteiger partial charge in [-0.3, -0.25) is 4.90 Å². The summed E-state index contributed by atoms with van der Waals surface area (Å²) >= 11 is 0. The molecule has 0 aliphatic carbocycles. The minimum absolute atomic E-state index is 0.537. The van der Waals surface area contributed by atoms with Crippen molar-refractivity contribution in [3.8, 4) is 0 Å². The SMILES string of the molecule is CCC[Si](CCN(Cc1ccccc1)C(C)C)(c1ccccc1)c1ccccc1. The van der Waals surface area contributed by atoms with Gasteiger partial charge in [0.05, 0.1) is 0 Å². The number of benzene rings is 3. The van der Waals surface area contributed by atoms with Gasteiger partial charge in [-0.25, -0.2) is 0 Å². The molecule has 1 nitrogen and oxygen atoms in total. The number of hydrogen-bond acceptors (Lipinski definition) is 1. The van der Waals surface area contributed by atoms with Gasteiger partial charge in [-0.05, 0) is 38.0 Å². The summed E-state index contributed by atoms with van der Waals surface area (Å²) in [6.07, 6.45) is 1.23. The van der Waals surface area contributed by atoms with Crippen molar-refractivity contribution in [1.29, 1.82) is 0 Å². The van der Waals surface area contributed by atoms with Crippen LogP contribution >= 0.6 is 0 Å². The summed E-state index contributed by atoms with van der Waals surface area (Å²) in [4.78, 5) is 2.65. The van der Waals surface area contributed by atoms with Crippen LogP contribution in [0.4, 0.5) is 0 Å². The molecule has 0 heterocycles. The average molecular weight is 402 g/mol. The van der Waals surface area contributed by atoms with Crippen LogP contribution in [0.5, 0.6) is 0 Å². The second-order valence-corrected chi connectivity index (χ2v) is 12.7. The first kappa shape index (κ1) is 21.5. The monoisotopic (exact) mass is 401 g/mol. The first-order valence-electron chi connectivity index (χ1n) is 11.0. The van der Waals surface area contributed by atoms with Gasteiger partial charge in [-0.2, -0.15) is 0 Å². The first-order valence-corrected chi connectivity index (χ1v) is 13.5. The highest BCUT2D eigenvalue weighted by atomic mass is 28.3. The Labute approximate surface area is 178 Å². The fourth-order valence-corrected chi connectivity index (χ4v) is 9.40. The van der Waals surface area contributed by atoms with Gasteiger partial charge in [0.2, 0.25) is 0 Å². The predicted molar refractivity (Wildman–Crippen MR) is 130 cm³/mol. The van der Waals surface area contributed by atoms with Crippen molar-refractivity contribution in [3.05, 3.63) is 96.6 Å². The minimum atomic E-state index is -1.82. The van der Waals surface area contributed by atoms with Gasteiger partial charge < -0.3 is 0 Å².